The Labute approximate surface area is 150 Å². The quantitative estimate of drug-likeness (QED) is 0.718. The minimum absolute atomic E-state index is 0.0478. The second-order valence-electron chi connectivity index (χ2n) is 6.28. The van der Waals surface area contributed by atoms with Gasteiger partial charge in [-0.05, 0) is 49.1 Å². The van der Waals surface area contributed by atoms with Gasteiger partial charge in [0.15, 0.2) is 0 Å². The van der Waals surface area contributed by atoms with E-state index in [1.807, 2.05) is 0 Å². The number of pyridine rings is 1. The van der Waals surface area contributed by atoms with Gasteiger partial charge in [0.1, 0.15) is 5.82 Å². The molecule has 7 nitrogen and oxygen atoms in total. The molecule has 3 rings (SSSR count). The van der Waals surface area contributed by atoms with Crippen LogP contribution < -0.4 is 10.5 Å². The van der Waals surface area contributed by atoms with Gasteiger partial charge in [-0.1, -0.05) is 6.07 Å². The third-order valence-electron chi connectivity index (χ3n) is 4.43. The number of hydrogen-bond acceptors (Lipinski definition) is 5. The highest BCUT2D eigenvalue weighted by Gasteiger charge is 2.36. The van der Waals surface area contributed by atoms with E-state index in [1.54, 1.807) is 24.4 Å². The average molecular weight is 379 g/mol. The number of aliphatic hydroxyl groups is 1. The number of benzene rings is 1. The lowest BCUT2D eigenvalue weighted by atomic mass is 9.76. The van der Waals surface area contributed by atoms with Crippen LogP contribution in [-0.2, 0) is 10.0 Å². The van der Waals surface area contributed by atoms with Crippen molar-refractivity contribution in [2.45, 2.75) is 29.9 Å². The van der Waals surface area contributed by atoms with Gasteiger partial charge in [-0.15, -0.1) is 0 Å². The van der Waals surface area contributed by atoms with Crippen molar-refractivity contribution in [2.75, 3.05) is 0 Å². The molecule has 9 heteroatoms. The molecule has 1 fully saturated rings. The summed E-state index contributed by atoms with van der Waals surface area (Å²) in [4.78, 5) is 16.5. The van der Waals surface area contributed by atoms with E-state index in [9.17, 15) is 22.7 Å². The number of aromatic nitrogens is 1. The summed E-state index contributed by atoms with van der Waals surface area (Å²) in [6, 6.07) is 7.49. The number of carbonyl (C=O) groups is 1. The summed E-state index contributed by atoms with van der Waals surface area (Å²) < 4.78 is 37.0. The van der Waals surface area contributed by atoms with Crippen LogP contribution in [0.25, 0.3) is 0 Å². The van der Waals surface area contributed by atoms with Gasteiger partial charge in [0.25, 0.3) is 5.91 Å². The zero-order valence-corrected chi connectivity index (χ0v) is 14.5. The van der Waals surface area contributed by atoms with E-state index in [2.05, 4.69) is 10.3 Å². The van der Waals surface area contributed by atoms with E-state index < -0.39 is 39.5 Å². The van der Waals surface area contributed by atoms with Gasteiger partial charge in [-0.3, -0.25) is 9.78 Å². The van der Waals surface area contributed by atoms with Gasteiger partial charge < -0.3 is 10.4 Å². The van der Waals surface area contributed by atoms with Gasteiger partial charge in [-0.2, -0.15) is 0 Å². The fraction of sp³-hybridized carbons (Fsp3) is 0.294. The number of nitrogens with zero attached hydrogens (tertiary/aromatic N) is 1. The molecule has 4 N–H and O–H groups in total. The van der Waals surface area contributed by atoms with E-state index in [4.69, 9.17) is 5.14 Å². The van der Waals surface area contributed by atoms with E-state index in [0.717, 1.165) is 18.2 Å². The first-order chi connectivity index (χ1) is 12.3. The Balaban J connectivity index is 1.89. The molecule has 1 amide bonds. The topological polar surface area (TPSA) is 122 Å². The van der Waals surface area contributed by atoms with Gasteiger partial charge in [0.05, 0.1) is 28.3 Å². The van der Waals surface area contributed by atoms with Gasteiger partial charge in [-0.25, -0.2) is 17.9 Å². The maximum Gasteiger partial charge on any atom is 0.254 e. The number of nitrogens with two attached hydrogens (primary N) is 1. The third kappa shape index (κ3) is 3.90. The van der Waals surface area contributed by atoms with Crippen LogP contribution in [0.4, 0.5) is 4.39 Å². The average Bonchev–Trinajstić information content (AvgIpc) is 2.57. The molecule has 1 heterocycles. The van der Waals surface area contributed by atoms with Crippen LogP contribution in [0.5, 0.6) is 0 Å². The Kier molecular flexibility index (Phi) is 5.03. The second kappa shape index (κ2) is 7.10. The minimum atomic E-state index is -4.07. The molecular formula is C17H18FN3O4S. The fourth-order valence-electron chi connectivity index (χ4n) is 2.97. The maximum absolute atomic E-state index is 14.1. The molecule has 1 aliphatic rings. The van der Waals surface area contributed by atoms with Crippen LogP contribution in [-0.4, -0.2) is 30.5 Å². The van der Waals surface area contributed by atoms with Crippen LogP contribution in [0.2, 0.25) is 0 Å². The summed E-state index contributed by atoms with van der Waals surface area (Å²) >= 11 is 0. The molecule has 26 heavy (non-hydrogen) atoms. The van der Waals surface area contributed by atoms with E-state index in [-0.39, 0.29) is 10.8 Å². The Bertz CT molecular complexity index is 915. The first-order valence-electron chi connectivity index (χ1n) is 7.98. The summed E-state index contributed by atoms with van der Waals surface area (Å²) in [6.07, 6.45) is 2.11. The molecule has 1 aromatic carbocycles. The zero-order valence-electron chi connectivity index (χ0n) is 13.7. The number of hydrogen-bond donors (Lipinski definition) is 3. The molecule has 0 spiro atoms. The Morgan fingerprint density at radius 2 is 2.04 bits per heavy atom. The van der Waals surface area contributed by atoms with E-state index >= 15 is 0 Å². The Morgan fingerprint density at radius 1 is 1.31 bits per heavy atom. The molecule has 0 saturated heterocycles. The van der Waals surface area contributed by atoms with Crippen molar-refractivity contribution in [3.8, 4) is 0 Å². The molecule has 0 radical (unpaired) electrons. The standard InChI is InChI=1S/C17H18FN3O4S/c18-14-5-4-12(26(19,24)25)9-13(14)17(23)21-16(10-7-11(22)8-10)15-3-1-2-6-20-15/h1-6,9-11,16,22H,7-8H2,(H,21,23)(H2,19,24,25)/t10?,11?,16-/m0/s1. The molecule has 1 aliphatic carbocycles. The highest BCUT2D eigenvalue weighted by atomic mass is 32.2. The summed E-state index contributed by atoms with van der Waals surface area (Å²) in [7, 11) is -4.07. The lowest BCUT2D eigenvalue weighted by Crippen LogP contribution is -2.42. The predicted octanol–water partition coefficient (Wildman–Crippen LogP) is 1.11. The molecule has 0 unspecified atom stereocenters. The summed E-state index contributed by atoms with van der Waals surface area (Å²) in [5.41, 5.74) is 0.165. The molecule has 1 aromatic heterocycles. The van der Waals surface area contributed by atoms with Crippen molar-refractivity contribution in [1.82, 2.24) is 10.3 Å². The molecule has 1 saturated carbocycles. The number of carbonyl (C=O) groups excluding carboxylic acids is 1. The zero-order chi connectivity index (χ0) is 18.9. The van der Waals surface area contributed by atoms with Crippen molar-refractivity contribution < 1.29 is 22.7 Å². The van der Waals surface area contributed by atoms with Crippen LogP contribution in [0.3, 0.4) is 0 Å². The number of nitrogens with one attached hydrogen (secondary N) is 1. The molecule has 1 atom stereocenters. The summed E-state index contributed by atoms with van der Waals surface area (Å²) in [5, 5.41) is 17.3. The molecular weight excluding hydrogens is 361 g/mol. The SMILES string of the molecule is NS(=O)(=O)c1ccc(F)c(C(=O)N[C@H](c2ccccn2)C2CC(O)C2)c1. The van der Waals surface area contributed by atoms with Crippen molar-refractivity contribution >= 4 is 15.9 Å². The lowest BCUT2D eigenvalue weighted by molar-refractivity contribution is 0.0227. The number of primary sulfonamides is 1. The first kappa shape index (κ1) is 18.4. The van der Waals surface area contributed by atoms with Crippen molar-refractivity contribution in [2.24, 2.45) is 11.1 Å². The number of rotatable bonds is 5. The maximum atomic E-state index is 14.1. The Morgan fingerprint density at radius 3 is 2.62 bits per heavy atom. The van der Waals surface area contributed by atoms with Crippen molar-refractivity contribution in [3.63, 3.8) is 0 Å². The van der Waals surface area contributed by atoms with Gasteiger partial charge >= 0.3 is 0 Å². The van der Waals surface area contributed by atoms with Gasteiger partial charge in [0, 0.05) is 6.20 Å². The minimum Gasteiger partial charge on any atom is -0.393 e. The highest BCUT2D eigenvalue weighted by molar-refractivity contribution is 7.89. The highest BCUT2D eigenvalue weighted by Crippen LogP contribution is 2.37. The van der Waals surface area contributed by atoms with Crippen LogP contribution in [0.15, 0.2) is 47.5 Å². The monoisotopic (exact) mass is 379 g/mol. The summed E-state index contributed by atoms with van der Waals surface area (Å²) in [5.74, 6) is -1.68. The van der Waals surface area contributed by atoms with Crippen LogP contribution in [0, 0.1) is 11.7 Å². The normalized spacial score (nSPS) is 20.9. The van der Waals surface area contributed by atoms with Crippen LogP contribution >= 0.6 is 0 Å². The Hall–Kier alpha value is -2.36. The largest absolute Gasteiger partial charge is 0.393 e. The van der Waals surface area contributed by atoms with E-state index in [1.165, 1.54) is 0 Å². The molecule has 2 aromatic rings. The number of sulfonamides is 1. The van der Waals surface area contributed by atoms with Crippen LogP contribution in [0.1, 0.15) is 34.9 Å². The second-order valence-corrected chi connectivity index (χ2v) is 7.84. The van der Waals surface area contributed by atoms with Gasteiger partial charge in [0.2, 0.25) is 10.0 Å². The smallest absolute Gasteiger partial charge is 0.254 e. The van der Waals surface area contributed by atoms with E-state index in [0.29, 0.717) is 18.5 Å². The molecule has 0 aliphatic heterocycles. The number of amides is 1. The van der Waals surface area contributed by atoms with Crippen molar-refractivity contribution in [1.29, 1.82) is 0 Å². The molecule has 138 valence electrons. The number of halogens is 1. The predicted molar refractivity (Wildman–Crippen MR) is 90.9 cm³/mol. The first-order valence-corrected chi connectivity index (χ1v) is 9.52. The fourth-order valence-corrected chi connectivity index (χ4v) is 3.51. The van der Waals surface area contributed by atoms with Crippen molar-refractivity contribution in [3.05, 3.63) is 59.7 Å². The third-order valence-corrected chi connectivity index (χ3v) is 5.34. The summed E-state index contributed by atoms with van der Waals surface area (Å²) in [6.45, 7) is 0. The number of aliphatic hydroxyl groups excluding tert-OH is 1. The molecule has 0 bridgehead atoms. The lowest BCUT2D eigenvalue weighted by Gasteiger charge is -2.37.